The van der Waals surface area contributed by atoms with E-state index in [0.717, 1.165) is 4.47 Å². The molecule has 0 aliphatic rings. The van der Waals surface area contributed by atoms with Crippen LogP contribution in [-0.2, 0) is 11.3 Å². The van der Waals surface area contributed by atoms with E-state index in [9.17, 15) is 14.9 Å². The molecule has 110 valence electrons. The number of carbonyl (C=O) groups is 1. The summed E-state index contributed by atoms with van der Waals surface area (Å²) in [5.74, 6) is -0.279. The molecule has 2 aromatic heterocycles. The number of halogens is 2. The Bertz CT molecular complexity index is 673. The van der Waals surface area contributed by atoms with Gasteiger partial charge in [-0.05, 0) is 33.0 Å². The van der Waals surface area contributed by atoms with Crippen molar-refractivity contribution in [1.29, 1.82) is 0 Å². The van der Waals surface area contributed by atoms with Gasteiger partial charge < -0.3 is 15.4 Å². The van der Waals surface area contributed by atoms with Crippen LogP contribution in [0.2, 0.25) is 5.02 Å². The molecule has 0 saturated heterocycles. The summed E-state index contributed by atoms with van der Waals surface area (Å²) in [7, 11) is 0. The summed E-state index contributed by atoms with van der Waals surface area (Å²) in [6, 6.07) is 3.40. The number of rotatable bonds is 5. The van der Waals surface area contributed by atoms with E-state index in [0.29, 0.717) is 5.82 Å². The molecule has 2 heterocycles. The van der Waals surface area contributed by atoms with Gasteiger partial charge in [-0.1, -0.05) is 11.6 Å². The van der Waals surface area contributed by atoms with Crippen molar-refractivity contribution in [1.82, 2.24) is 14.8 Å². The first-order valence-corrected chi connectivity index (χ1v) is 6.91. The Morgan fingerprint density at radius 3 is 2.86 bits per heavy atom. The molecule has 0 radical (unpaired) electrons. The zero-order valence-electron chi connectivity index (χ0n) is 10.5. The highest BCUT2D eigenvalue weighted by molar-refractivity contribution is 9.10. The van der Waals surface area contributed by atoms with E-state index in [2.05, 4.69) is 31.3 Å². The molecule has 0 aromatic carbocycles. The third kappa shape index (κ3) is 4.23. The van der Waals surface area contributed by atoms with Gasteiger partial charge in [-0.15, -0.1) is 0 Å². The minimum atomic E-state index is -0.676. The Morgan fingerprint density at radius 1 is 1.52 bits per heavy atom. The lowest BCUT2D eigenvalue weighted by molar-refractivity contribution is -0.389. The summed E-state index contributed by atoms with van der Waals surface area (Å²) in [5.41, 5.74) is 0. The average molecular weight is 375 g/mol. The molecule has 0 unspecified atom stereocenters. The molecular formula is C11H9BrClN5O3. The Hall–Kier alpha value is -2.00. The predicted molar refractivity (Wildman–Crippen MR) is 79.1 cm³/mol. The van der Waals surface area contributed by atoms with Crippen LogP contribution >= 0.6 is 27.5 Å². The van der Waals surface area contributed by atoms with Crippen molar-refractivity contribution in [2.75, 3.05) is 5.32 Å². The van der Waals surface area contributed by atoms with E-state index in [1.54, 1.807) is 18.3 Å². The van der Waals surface area contributed by atoms with E-state index in [4.69, 9.17) is 11.6 Å². The lowest BCUT2D eigenvalue weighted by Crippen LogP contribution is -2.15. The van der Waals surface area contributed by atoms with Gasteiger partial charge in [0, 0.05) is 17.1 Å². The van der Waals surface area contributed by atoms with E-state index >= 15 is 0 Å². The van der Waals surface area contributed by atoms with Crippen LogP contribution in [0.25, 0.3) is 0 Å². The molecule has 0 atom stereocenters. The Kier molecular flexibility index (Phi) is 4.86. The van der Waals surface area contributed by atoms with Crippen molar-refractivity contribution >= 4 is 45.1 Å². The van der Waals surface area contributed by atoms with Crippen LogP contribution in [0.3, 0.4) is 0 Å². The lowest BCUT2D eigenvalue weighted by Gasteiger charge is -2.03. The summed E-state index contributed by atoms with van der Waals surface area (Å²) in [6.07, 6.45) is 2.96. The molecule has 0 fully saturated rings. The third-order valence-electron chi connectivity index (χ3n) is 2.43. The summed E-state index contributed by atoms with van der Waals surface area (Å²) in [5, 5.41) is 16.8. The number of aryl methyl sites for hydroxylation is 1. The van der Waals surface area contributed by atoms with Gasteiger partial charge in [-0.2, -0.15) is 4.68 Å². The highest BCUT2D eigenvalue weighted by Crippen LogP contribution is 2.21. The van der Waals surface area contributed by atoms with Crippen molar-refractivity contribution in [3.8, 4) is 0 Å². The molecule has 1 N–H and O–H groups in total. The van der Waals surface area contributed by atoms with Crippen molar-refractivity contribution in [2.24, 2.45) is 0 Å². The van der Waals surface area contributed by atoms with Gasteiger partial charge in [0.2, 0.25) is 5.91 Å². The number of anilines is 1. The summed E-state index contributed by atoms with van der Waals surface area (Å²) < 4.78 is 2.06. The second-order valence-corrected chi connectivity index (χ2v) is 5.30. The number of amides is 1. The molecule has 21 heavy (non-hydrogen) atoms. The fourth-order valence-corrected chi connectivity index (χ4v) is 1.95. The highest BCUT2D eigenvalue weighted by Gasteiger charge is 2.19. The number of hydrogen-bond donors (Lipinski definition) is 1. The molecule has 0 aliphatic heterocycles. The number of hydrogen-bond acceptors (Lipinski definition) is 5. The number of carbonyl (C=O) groups excluding carboxylic acids is 1. The van der Waals surface area contributed by atoms with Crippen molar-refractivity contribution in [2.45, 2.75) is 13.0 Å². The van der Waals surface area contributed by atoms with Gasteiger partial charge in [-0.3, -0.25) is 4.79 Å². The molecule has 2 rings (SSSR count). The number of pyridine rings is 1. The monoisotopic (exact) mass is 373 g/mol. The van der Waals surface area contributed by atoms with Crippen molar-refractivity contribution < 1.29 is 9.72 Å². The van der Waals surface area contributed by atoms with E-state index in [1.165, 1.54) is 10.9 Å². The smallest absolute Gasteiger partial charge is 0.358 e. The van der Waals surface area contributed by atoms with Gasteiger partial charge in [0.05, 0.1) is 17.8 Å². The van der Waals surface area contributed by atoms with Crippen molar-refractivity contribution in [3.05, 3.63) is 44.1 Å². The third-order valence-corrected chi connectivity index (χ3v) is 3.17. The predicted octanol–water partition coefficient (Wildman–Crippen LogP) is 2.63. The number of nitrogens with one attached hydrogen (secondary N) is 1. The van der Waals surface area contributed by atoms with E-state index in [-0.39, 0.29) is 23.9 Å². The zero-order valence-corrected chi connectivity index (χ0v) is 12.8. The molecule has 0 saturated carbocycles. The average Bonchev–Trinajstić information content (AvgIpc) is 2.81. The van der Waals surface area contributed by atoms with Gasteiger partial charge in [0.15, 0.2) is 5.02 Å². The van der Waals surface area contributed by atoms with E-state index in [1.807, 2.05) is 0 Å². The number of aromatic nitrogens is 3. The Balaban J connectivity index is 1.90. The topological polar surface area (TPSA) is 103 Å². The SMILES string of the molecule is O=C(CCn1cc(Cl)c([N+](=O)[O-])n1)Nc1ccc(Br)cn1. The summed E-state index contributed by atoms with van der Waals surface area (Å²) in [6.45, 7) is 0.177. The van der Waals surface area contributed by atoms with Crippen LogP contribution in [0, 0.1) is 10.1 Å². The first-order chi connectivity index (χ1) is 9.95. The molecule has 0 aliphatic carbocycles. The molecule has 10 heteroatoms. The number of nitrogens with zero attached hydrogens (tertiary/aromatic N) is 4. The normalized spacial score (nSPS) is 10.4. The summed E-state index contributed by atoms with van der Waals surface area (Å²) >= 11 is 8.90. The first kappa shape index (κ1) is 15.4. The largest absolute Gasteiger partial charge is 0.408 e. The van der Waals surface area contributed by atoms with Crippen molar-refractivity contribution in [3.63, 3.8) is 0 Å². The Labute approximate surface area is 132 Å². The first-order valence-electron chi connectivity index (χ1n) is 5.74. The van der Waals surface area contributed by atoms with Crippen LogP contribution < -0.4 is 5.32 Å². The minimum Gasteiger partial charge on any atom is -0.358 e. The van der Waals surface area contributed by atoms with Crippen LogP contribution in [0.4, 0.5) is 11.6 Å². The highest BCUT2D eigenvalue weighted by atomic mass is 79.9. The standard InChI is InChI=1S/C11H9BrClN5O3/c12-7-1-2-9(14-5-7)15-10(19)3-4-17-6-8(13)11(16-17)18(20)21/h1-2,5-6H,3-4H2,(H,14,15,19). The van der Waals surface area contributed by atoms with Gasteiger partial charge in [0.1, 0.15) is 5.82 Å². The van der Waals surface area contributed by atoms with Crippen LogP contribution in [-0.4, -0.2) is 25.6 Å². The second-order valence-electron chi connectivity index (χ2n) is 3.98. The molecule has 8 nitrogen and oxygen atoms in total. The van der Waals surface area contributed by atoms with Gasteiger partial charge in [-0.25, -0.2) is 4.98 Å². The zero-order chi connectivity index (χ0) is 15.4. The maximum absolute atomic E-state index is 11.7. The lowest BCUT2D eigenvalue weighted by atomic mass is 10.4. The number of nitro groups is 1. The van der Waals surface area contributed by atoms with E-state index < -0.39 is 10.7 Å². The minimum absolute atomic E-state index is 0.0602. The molecule has 0 spiro atoms. The maximum atomic E-state index is 11.7. The molecule has 1 amide bonds. The van der Waals surface area contributed by atoms with Gasteiger partial charge >= 0.3 is 5.82 Å². The van der Waals surface area contributed by atoms with Crippen LogP contribution in [0.5, 0.6) is 0 Å². The van der Waals surface area contributed by atoms with Crippen LogP contribution in [0.15, 0.2) is 29.0 Å². The Morgan fingerprint density at radius 2 is 2.29 bits per heavy atom. The molecule has 2 aromatic rings. The fraction of sp³-hybridized carbons (Fsp3) is 0.182. The second kappa shape index (κ2) is 6.64. The fourth-order valence-electron chi connectivity index (χ4n) is 1.50. The summed E-state index contributed by atoms with van der Waals surface area (Å²) in [4.78, 5) is 25.6. The molecule has 0 bridgehead atoms. The maximum Gasteiger partial charge on any atom is 0.408 e. The van der Waals surface area contributed by atoms with Gasteiger partial charge in [0.25, 0.3) is 0 Å². The quantitative estimate of drug-likeness (QED) is 0.640. The molecular weight excluding hydrogens is 366 g/mol. The van der Waals surface area contributed by atoms with Crippen LogP contribution in [0.1, 0.15) is 6.42 Å².